The van der Waals surface area contributed by atoms with E-state index in [1.165, 1.54) is 6.33 Å². The molecule has 3 nitrogen and oxygen atoms in total. The smallest absolute Gasteiger partial charge is 0.222 e. The quantitative estimate of drug-likeness (QED) is 0.764. The van der Waals surface area contributed by atoms with E-state index in [1.54, 1.807) is 0 Å². The van der Waals surface area contributed by atoms with Crippen LogP contribution in [-0.4, -0.2) is 9.97 Å². The lowest BCUT2D eigenvalue weighted by atomic mass is 10.3. The fraction of sp³-hybridized carbons (Fsp3) is 0.167. The van der Waals surface area contributed by atoms with Crippen molar-refractivity contribution in [2.24, 2.45) is 0 Å². The van der Waals surface area contributed by atoms with Gasteiger partial charge < -0.3 is 4.74 Å². The van der Waals surface area contributed by atoms with E-state index in [2.05, 4.69) is 16.9 Å². The van der Waals surface area contributed by atoms with Crippen LogP contribution in [0.15, 0.2) is 42.7 Å². The van der Waals surface area contributed by atoms with Gasteiger partial charge in [-0.05, 0) is 18.6 Å². The lowest BCUT2D eigenvalue weighted by Crippen LogP contribution is -1.92. The predicted molar refractivity (Wildman–Crippen MR) is 57.9 cm³/mol. The highest BCUT2D eigenvalue weighted by Gasteiger charge is 1.99. The topological polar surface area (TPSA) is 35.0 Å². The van der Waals surface area contributed by atoms with Gasteiger partial charge in [0.2, 0.25) is 5.88 Å². The molecule has 0 saturated heterocycles. The molecule has 2 rings (SSSR count). The molecular formula is C12H12N2O. The van der Waals surface area contributed by atoms with Crippen molar-refractivity contribution in [3.05, 3.63) is 48.4 Å². The number of rotatable bonds is 3. The maximum Gasteiger partial charge on any atom is 0.222 e. The van der Waals surface area contributed by atoms with Crippen molar-refractivity contribution in [3.63, 3.8) is 0 Å². The highest BCUT2D eigenvalue weighted by molar-refractivity contribution is 5.26. The highest BCUT2D eigenvalue weighted by Crippen LogP contribution is 2.18. The molecule has 0 bridgehead atoms. The lowest BCUT2D eigenvalue weighted by molar-refractivity contribution is 0.460. The summed E-state index contributed by atoms with van der Waals surface area (Å²) < 4.78 is 5.57. The molecule has 0 aliphatic carbocycles. The summed E-state index contributed by atoms with van der Waals surface area (Å²) in [4.78, 5) is 8.16. The fourth-order valence-corrected chi connectivity index (χ4v) is 1.24. The number of nitrogens with zero attached hydrogens (tertiary/aromatic N) is 2. The molecule has 0 fully saturated rings. The maximum absolute atomic E-state index is 5.57. The van der Waals surface area contributed by atoms with Crippen LogP contribution in [-0.2, 0) is 6.42 Å². The molecule has 1 aromatic heterocycles. The Bertz CT molecular complexity index is 429. The Hall–Kier alpha value is -1.90. The summed E-state index contributed by atoms with van der Waals surface area (Å²) in [6, 6.07) is 11.5. The second kappa shape index (κ2) is 4.55. The van der Waals surface area contributed by atoms with E-state index in [0.29, 0.717) is 5.88 Å². The summed E-state index contributed by atoms with van der Waals surface area (Å²) in [5.41, 5.74) is 0.982. The molecule has 0 atom stereocenters. The SMILES string of the molecule is CCc1cc(Oc2ccccc2)ncn1. The van der Waals surface area contributed by atoms with Crippen LogP contribution >= 0.6 is 0 Å². The highest BCUT2D eigenvalue weighted by atomic mass is 16.5. The van der Waals surface area contributed by atoms with Gasteiger partial charge in [0.1, 0.15) is 12.1 Å². The summed E-state index contributed by atoms with van der Waals surface area (Å²) in [5, 5.41) is 0. The van der Waals surface area contributed by atoms with E-state index in [0.717, 1.165) is 17.9 Å². The molecule has 1 heterocycles. The molecule has 76 valence electrons. The Morgan fingerprint density at radius 2 is 1.93 bits per heavy atom. The average molecular weight is 200 g/mol. The molecule has 0 aliphatic heterocycles. The normalized spacial score (nSPS) is 9.93. The molecular weight excluding hydrogens is 188 g/mol. The van der Waals surface area contributed by atoms with Gasteiger partial charge in [-0.15, -0.1) is 0 Å². The van der Waals surface area contributed by atoms with Crippen molar-refractivity contribution in [1.29, 1.82) is 0 Å². The van der Waals surface area contributed by atoms with Gasteiger partial charge in [0.25, 0.3) is 0 Å². The van der Waals surface area contributed by atoms with Crippen LogP contribution in [0.1, 0.15) is 12.6 Å². The first-order valence-electron chi connectivity index (χ1n) is 4.92. The number of hydrogen-bond acceptors (Lipinski definition) is 3. The van der Waals surface area contributed by atoms with Gasteiger partial charge in [-0.2, -0.15) is 0 Å². The molecule has 0 N–H and O–H groups in total. The van der Waals surface area contributed by atoms with Gasteiger partial charge in [-0.1, -0.05) is 25.1 Å². The maximum atomic E-state index is 5.57. The van der Waals surface area contributed by atoms with Gasteiger partial charge in [-0.3, -0.25) is 0 Å². The number of aryl methyl sites for hydroxylation is 1. The predicted octanol–water partition coefficient (Wildman–Crippen LogP) is 2.83. The van der Waals surface area contributed by atoms with Crippen LogP contribution < -0.4 is 4.74 Å². The van der Waals surface area contributed by atoms with E-state index in [1.807, 2.05) is 36.4 Å². The van der Waals surface area contributed by atoms with Crippen molar-refractivity contribution in [1.82, 2.24) is 9.97 Å². The lowest BCUT2D eigenvalue weighted by Gasteiger charge is -2.04. The first kappa shape index (κ1) is 9.65. The summed E-state index contributed by atoms with van der Waals surface area (Å²) in [7, 11) is 0. The number of para-hydroxylation sites is 1. The molecule has 0 spiro atoms. The van der Waals surface area contributed by atoms with E-state index < -0.39 is 0 Å². The standard InChI is InChI=1S/C12H12N2O/c1-2-10-8-12(14-9-13-10)15-11-6-4-3-5-7-11/h3-9H,2H2,1H3. The van der Waals surface area contributed by atoms with E-state index >= 15 is 0 Å². The number of ether oxygens (including phenoxy) is 1. The molecule has 3 heteroatoms. The minimum atomic E-state index is 0.591. The second-order valence-corrected chi connectivity index (χ2v) is 3.12. The Labute approximate surface area is 88.8 Å². The van der Waals surface area contributed by atoms with Crippen molar-refractivity contribution >= 4 is 0 Å². The van der Waals surface area contributed by atoms with Crippen LogP contribution in [0.3, 0.4) is 0 Å². The van der Waals surface area contributed by atoms with Gasteiger partial charge in [0, 0.05) is 11.8 Å². The Morgan fingerprint density at radius 1 is 1.13 bits per heavy atom. The third kappa shape index (κ3) is 2.53. The van der Waals surface area contributed by atoms with Crippen molar-refractivity contribution in [3.8, 4) is 11.6 Å². The van der Waals surface area contributed by atoms with Gasteiger partial charge >= 0.3 is 0 Å². The first-order valence-corrected chi connectivity index (χ1v) is 4.92. The van der Waals surface area contributed by atoms with Crippen molar-refractivity contribution < 1.29 is 4.74 Å². The third-order valence-corrected chi connectivity index (χ3v) is 2.03. The molecule has 0 aliphatic rings. The number of benzene rings is 1. The summed E-state index contributed by atoms with van der Waals surface area (Å²) >= 11 is 0. The number of aromatic nitrogens is 2. The van der Waals surface area contributed by atoms with Crippen molar-refractivity contribution in [2.75, 3.05) is 0 Å². The molecule has 0 radical (unpaired) electrons. The van der Waals surface area contributed by atoms with Crippen LogP contribution in [0.5, 0.6) is 11.6 Å². The monoisotopic (exact) mass is 200 g/mol. The molecule has 1 aromatic carbocycles. The van der Waals surface area contributed by atoms with Crippen LogP contribution in [0.4, 0.5) is 0 Å². The van der Waals surface area contributed by atoms with Gasteiger partial charge in [0.05, 0.1) is 0 Å². The molecule has 15 heavy (non-hydrogen) atoms. The van der Waals surface area contributed by atoms with E-state index in [4.69, 9.17) is 4.74 Å². The fourth-order valence-electron chi connectivity index (χ4n) is 1.24. The van der Waals surface area contributed by atoms with Crippen molar-refractivity contribution in [2.45, 2.75) is 13.3 Å². The zero-order chi connectivity index (χ0) is 10.5. The first-order chi connectivity index (χ1) is 7.38. The zero-order valence-electron chi connectivity index (χ0n) is 8.55. The largest absolute Gasteiger partial charge is 0.439 e. The minimum Gasteiger partial charge on any atom is -0.439 e. The molecule has 0 unspecified atom stereocenters. The minimum absolute atomic E-state index is 0.591. The summed E-state index contributed by atoms with van der Waals surface area (Å²) in [6.07, 6.45) is 2.41. The average Bonchev–Trinajstić information content (AvgIpc) is 2.31. The molecule has 2 aromatic rings. The van der Waals surface area contributed by atoms with Crippen LogP contribution in [0, 0.1) is 0 Å². The van der Waals surface area contributed by atoms with Crippen LogP contribution in [0.2, 0.25) is 0 Å². The molecule has 0 amide bonds. The Morgan fingerprint density at radius 3 is 2.67 bits per heavy atom. The van der Waals surface area contributed by atoms with Gasteiger partial charge in [-0.25, -0.2) is 9.97 Å². The summed E-state index contributed by atoms with van der Waals surface area (Å²) in [6.45, 7) is 2.05. The third-order valence-electron chi connectivity index (χ3n) is 2.03. The summed E-state index contributed by atoms with van der Waals surface area (Å²) in [5.74, 6) is 1.38. The Kier molecular flexibility index (Phi) is 2.93. The second-order valence-electron chi connectivity index (χ2n) is 3.12. The van der Waals surface area contributed by atoms with E-state index in [9.17, 15) is 0 Å². The zero-order valence-corrected chi connectivity index (χ0v) is 8.55. The molecule has 0 saturated carbocycles. The number of hydrogen-bond donors (Lipinski definition) is 0. The van der Waals surface area contributed by atoms with Crippen LogP contribution in [0.25, 0.3) is 0 Å². The van der Waals surface area contributed by atoms with Gasteiger partial charge in [0.15, 0.2) is 0 Å². The Balaban J connectivity index is 2.17. The van der Waals surface area contributed by atoms with E-state index in [-0.39, 0.29) is 0 Å².